The molecule has 0 saturated carbocycles. The molecule has 0 radical (unpaired) electrons. The second-order valence-corrected chi connectivity index (χ2v) is 8.99. The summed E-state index contributed by atoms with van der Waals surface area (Å²) in [6, 6.07) is 21.0. The van der Waals surface area contributed by atoms with Crippen LogP contribution in [0.1, 0.15) is 34.5 Å². The zero-order valence-electron chi connectivity index (χ0n) is 17.1. The summed E-state index contributed by atoms with van der Waals surface area (Å²) in [5.74, 6) is -0.453. The van der Waals surface area contributed by atoms with Crippen molar-refractivity contribution in [1.82, 2.24) is 0 Å². The number of nitrogens with one attached hydrogen (secondary N) is 1. The molecule has 0 heterocycles. The lowest BCUT2D eigenvalue weighted by Gasteiger charge is -2.20. The molecule has 0 bridgehead atoms. The normalized spacial score (nSPS) is 11.9. The van der Waals surface area contributed by atoms with Gasteiger partial charge in [0.05, 0.1) is 22.2 Å². The molecule has 0 aliphatic heterocycles. The smallest absolute Gasteiger partial charge is 0.264 e. The fourth-order valence-corrected chi connectivity index (χ4v) is 4.16. The van der Waals surface area contributed by atoms with Crippen LogP contribution in [-0.4, -0.2) is 21.4 Å². The first-order chi connectivity index (χ1) is 14.7. The molecular formula is C23H22N4O3S. The quantitative estimate of drug-likeness (QED) is 0.614. The van der Waals surface area contributed by atoms with Crippen molar-refractivity contribution < 1.29 is 13.2 Å². The zero-order chi connectivity index (χ0) is 22.6. The highest BCUT2D eigenvalue weighted by Crippen LogP contribution is 2.24. The van der Waals surface area contributed by atoms with E-state index in [1.54, 1.807) is 48.5 Å². The Hall–Kier alpha value is -3.67. The van der Waals surface area contributed by atoms with Crippen LogP contribution in [0.2, 0.25) is 0 Å². The van der Waals surface area contributed by atoms with Crippen LogP contribution in [0.15, 0.2) is 77.7 Å². The van der Waals surface area contributed by atoms with Gasteiger partial charge in [-0.2, -0.15) is 5.26 Å². The van der Waals surface area contributed by atoms with Crippen molar-refractivity contribution in [2.24, 2.45) is 5.73 Å². The predicted molar refractivity (Wildman–Crippen MR) is 120 cm³/mol. The molecule has 1 atom stereocenters. The number of carbonyl (C=O) groups is 1. The lowest BCUT2D eigenvalue weighted by molar-refractivity contribution is 0.102. The summed E-state index contributed by atoms with van der Waals surface area (Å²) in [6.07, 6.45) is 0. The Morgan fingerprint density at radius 3 is 2.29 bits per heavy atom. The number of nitrogens with two attached hydrogens (primary N) is 1. The number of hydrogen-bond acceptors (Lipinski definition) is 5. The molecule has 0 fully saturated rings. The number of carbonyl (C=O) groups excluding carboxylic acids is 1. The fourth-order valence-electron chi connectivity index (χ4n) is 2.91. The molecule has 3 aromatic carbocycles. The third kappa shape index (κ3) is 4.91. The molecular weight excluding hydrogens is 412 g/mol. The van der Waals surface area contributed by atoms with Gasteiger partial charge in [0, 0.05) is 24.3 Å². The Kier molecular flexibility index (Phi) is 6.39. The standard InChI is InChI=1S/C23H22N4O3S/c1-16(25)18-8-12-21(13-9-18)27(2)31(29,30)22-5-3-4-19(14-22)23(28)26-20-10-6-17(15-24)7-11-20/h3-14,16H,25H2,1-2H3,(H,26,28)/t16-/m0/s1. The largest absolute Gasteiger partial charge is 0.324 e. The molecule has 3 N–H and O–H groups in total. The van der Waals surface area contributed by atoms with Crippen LogP contribution in [-0.2, 0) is 10.0 Å². The van der Waals surface area contributed by atoms with Crippen LogP contribution in [0.5, 0.6) is 0 Å². The van der Waals surface area contributed by atoms with Gasteiger partial charge in [-0.25, -0.2) is 8.42 Å². The van der Waals surface area contributed by atoms with E-state index in [1.165, 1.54) is 31.3 Å². The van der Waals surface area contributed by atoms with Gasteiger partial charge in [-0.3, -0.25) is 9.10 Å². The Bertz CT molecular complexity index is 1230. The van der Waals surface area contributed by atoms with E-state index in [9.17, 15) is 13.2 Å². The van der Waals surface area contributed by atoms with E-state index in [1.807, 2.05) is 13.0 Å². The van der Waals surface area contributed by atoms with Crippen molar-refractivity contribution in [2.45, 2.75) is 17.9 Å². The maximum Gasteiger partial charge on any atom is 0.264 e. The van der Waals surface area contributed by atoms with Gasteiger partial charge in [-0.15, -0.1) is 0 Å². The summed E-state index contributed by atoms with van der Waals surface area (Å²) in [5.41, 5.74) is 8.41. The third-order valence-electron chi connectivity index (χ3n) is 4.81. The van der Waals surface area contributed by atoms with Gasteiger partial charge in [-0.05, 0) is 67.1 Å². The highest BCUT2D eigenvalue weighted by molar-refractivity contribution is 7.92. The van der Waals surface area contributed by atoms with E-state index < -0.39 is 15.9 Å². The van der Waals surface area contributed by atoms with Crippen molar-refractivity contribution in [3.63, 3.8) is 0 Å². The first-order valence-electron chi connectivity index (χ1n) is 9.48. The number of rotatable bonds is 6. The summed E-state index contributed by atoms with van der Waals surface area (Å²) in [6.45, 7) is 1.85. The molecule has 158 valence electrons. The minimum atomic E-state index is -3.88. The van der Waals surface area contributed by atoms with E-state index in [0.717, 1.165) is 9.87 Å². The van der Waals surface area contributed by atoms with Crippen molar-refractivity contribution >= 4 is 27.3 Å². The Labute approximate surface area is 181 Å². The van der Waals surface area contributed by atoms with E-state index >= 15 is 0 Å². The highest BCUT2D eigenvalue weighted by Gasteiger charge is 2.22. The second kappa shape index (κ2) is 9.00. The molecule has 3 aromatic rings. The van der Waals surface area contributed by atoms with Crippen LogP contribution < -0.4 is 15.4 Å². The number of benzene rings is 3. The first-order valence-corrected chi connectivity index (χ1v) is 10.9. The second-order valence-electron chi connectivity index (χ2n) is 7.02. The lowest BCUT2D eigenvalue weighted by Crippen LogP contribution is -2.27. The molecule has 1 amide bonds. The van der Waals surface area contributed by atoms with Crippen molar-refractivity contribution in [2.75, 3.05) is 16.7 Å². The molecule has 0 aromatic heterocycles. The number of anilines is 2. The minimum absolute atomic E-state index is 0.00116. The Morgan fingerprint density at radius 1 is 1.06 bits per heavy atom. The zero-order valence-corrected chi connectivity index (χ0v) is 17.9. The highest BCUT2D eigenvalue weighted by atomic mass is 32.2. The van der Waals surface area contributed by atoms with Crippen LogP contribution in [0.4, 0.5) is 11.4 Å². The van der Waals surface area contributed by atoms with Gasteiger partial charge in [0.1, 0.15) is 0 Å². The van der Waals surface area contributed by atoms with Crippen LogP contribution in [0, 0.1) is 11.3 Å². The van der Waals surface area contributed by atoms with Gasteiger partial charge in [0.2, 0.25) is 0 Å². The summed E-state index contributed by atoms with van der Waals surface area (Å²) >= 11 is 0. The van der Waals surface area contributed by atoms with E-state index in [2.05, 4.69) is 5.32 Å². The molecule has 0 unspecified atom stereocenters. The average Bonchev–Trinajstić information content (AvgIpc) is 2.79. The summed E-state index contributed by atoms with van der Waals surface area (Å²) < 4.78 is 27.4. The number of sulfonamides is 1. The molecule has 0 saturated heterocycles. The SMILES string of the molecule is C[C@H](N)c1ccc(N(C)S(=O)(=O)c2cccc(C(=O)Nc3ccc(C#N)cc3)c2)cc1. The van der Waals surface area contributed by atoms with Gasteiger partial charge in [0.15, 0.2) is 0 Å². The lowest BCUT2D eigenvalue weighted by atomic mass is 10.1. The number of nitriles is 1. The Balaban J connectivity index is 1.83. The van der Waals surface area contributed by atoms with Gasteiger partial charge < -0.3 is 11.1 Å². The van der Waals surface area contributed by atoms with E-state index in [4.69, 9.17) is 11.0 Å². The molecule has 0 spiro atoms. The molecule has 31 heavy (non-hydrogen) atoms. The molecule has 0 aliphatic rings. The summed E-state index contributed by atoms with van der Waals surface area (Å²) in [4.78, 5) is 12.6. The number of amides is 1. The van der Waals surface area contributed by atoms with E-state index in [0.29, 0.717) is 16.9 Å². The maximum absolute atomic E-state index is 13.1. The van der Waals surface area contributed by atoms with Crippen LogP contribution in [0.3, 0.4) is 0 Å². The Morgan fingerprint density at radius 2 is 1.71 bits per heavy atom. The fraction of sp³-hybridized carbons (Fsp3) is 0.130. The first kappa shape index (κ1) is 22.0. The number of nitrogens with zero attached hydrogens (tertiary/aromatic N) is 2. The molecule has 3 rings (SSSR count). The number of hydrogen-bond donors (Lipinski definition) is 2. The van der Waals surface area contributed by atoms with E-state index in [-0.39, 0.29) is 16.5 Å². The third-order valence-corrected chi connectivity index (χ3v) is 6.59. The molecule has 7 nitrogen and oxygen atoms in total. The van der Waals surface area contributed by atoms with Gasteiger partial charge >= 0.3 is 0 Å². The maximum atomic E-state index is 13.1. The topological polar surface area (TPSA) is 116 Å². The van der Waals surface area contributed by atoms with Crippen molar-refractivity contribution in [3.8, 4) is 6.07 Å². The van der Waals surface area contributed by atoms with Crippen LogP contribution >= 0.6 is 0 Å². The van der Waals surface area contributed by atoms with Gasteiger partial charge in [0.25, 0.3) is 15.9 Å². The molecule has 0 aliphatic carbocycles. The average molecular weight is 435 g/mol. The monoisotopic (exact) mass is 434 g/mol. The summed E-state index contributed by atoms with van der Waals surface area (Å²) in [7, 11) is -2.42. The van der Waals surface area contributed by atoms with Crippen molar-refractivity contribution in [3.05, 3.63) is 89.5 Å². The minimum Gasteiger partial charge on any atom is -0.324 e. The summed E-state index contributed by atoms with van der Waals surface area (Å²) in [5, 5.41) is 11.6. The van der Waals surface area contributed by atoms with Crippen molar-refractivity contribution in [1.29, 1.82) is 5.26 Å². The predicted octanol–water partition coefficient (Wildman–Crippen LogP) is 3.66. The van der Waals surface area contributed by atoms with Gasteiger partial charge in [-0.1, -0.05) is 18.2 Å². The van der Waals surface area contributed by atoms with Crippen LogP contribution in [0.25, 0.3) is 0 Å². The molecule has 8 heteroatoms.